The molecule has 7 nitrogen and oxygen atoms in total. The Kier molecular flexibility index (Phi) is 7.04. The molecule has 0 atom stereocenters. The molecular formula is C20H14BrClN2O5. The predicted molar refractivity (Wildman–Crippen MR) is 110 cm³/mol. The van der Waals surface area contributed by atoms with Crippen molar-refractivity contribution >= 4 is 45.6 Å². The van der Waals surface area contributed by atoms with Crippen molar-refractivity contribution in [3.8, 4) is 11.5 Å². The Morgan fingerprint density at radius 2 is 1.97 bits per heavy atom. The van der Waals surface area contributed by atoms with Crippen LogP contribution in [0.1, 0.15) is 16.1 Å². The maximum atomic E-state index is 12.1. The Bertz CT molecular complexity index is 1040. The molecule has 1 N–H and O–H groups in total. The Balaban J connectivity index is 1.60. The summed E-state index contributed by atoms with van der Waals surface area (Å²) in [6, 6.07) is 14.9. The molecule has 0 unspecified atom stereocenters. The number of amides is 1. The van der Waals surface area contributed by atoms with Crippen LogP contribution in [0.15, 0.2) is 74.9 Å². The molecular weight excluding hydrogens is 464 g/mol. The summed E-state index contributed by atoms with van der Waals surface area (Å²) in [5, 5.41) is 4.28. The zero-order valence-corrected chi connectivity index (χ0v) is 17.1. The van der Waals surface area contributed by atoms with E-state index in [2.05, 4.69) is 26.5 Å². The molecule has 0 bridgehead atoms. The van der Waals surface area contributed by atoms with E-state index in [9.17, 15) is 9.59 Å². The van der Waals surface area contributed by atoms with Crippen LogP contribution >= 0.6 is 27.5 Å². The maximum absolute atomic E-state index is 12.1. The minimum atomic E-state index is -0.649. The van der Waals surface area contributed by atoms with Crippen molar-refractivity contribution < 1.29 is 23.5 Å². The second-order valence-corrected chi connectivity index (χ2v) is 6.88. The van der Waals surface area contributed by atoms with E-state index in [1.165, 1.54) is 18.5 Å². The van der Waals surface area contributed by atoms with Gasteiger partial charge in [0.2, 0.25) is 5.76 Å². The minimum absolute atomic E-state index is 0.0702. The van der Waals surface area contributed by atoms with E-state index in [1.54, 1.807) is 48.5 Å². The number of hydrogen-bond acceptors (Lipinski definition) is 6. The van der Waals surface area contributed by atoms with Gasteiger partial charge in [0.1, 0.15) is 11.5 Å². The lowest BCUT2D eigenvalue weighted by Crippen LogP contribution is -2.24. The number of nitrogens with zero attached hydrogens (tertiary/aromatic N) is 1. The fraction of sp³-hybridized carbons (Fsp3) is 0.0500. The number of halogens is 2. The highest BCUT2D eigenvalue weighted by atomic mass is 79.9. The second kappa shape index (κ2) is 9.90. The van der Waals surface area contributed by atoms with E-state index in [0.29, 0.717) is 16.3 Å². The number of ether oxygens (including phenoxy) is 2. The van der Waals surface area contributed by atoms with Gasteiger partial charge in [-0.15, -0.1) is 0 Å². The van der Waals surface area contributed by atoms with E-state index in [0.717, 1.165) is 4.47 Å². The number of para-hydroxylation sites is 1. The molecule has 9 heteroatoms. The molecule has 0 saturated heterocycles. The smallest absolute Gasteiger partial charge is 0.379 e. The largest absolute Gasteiger partial charge is 0.482 e. The Labute approximate surface area is 179 Å². The van der Waals surface area contributed by atoms with Crippen molar-refractivity contribution in [3.05, 3.63) is 81.7 Å². The normalized spacial score (nSPS) is 10.7. The molecule has 0 spiro atoms. The monoisotopic (exact) mass is 476 g/mol. The van der Waals surface area contributed by atoms with Crippen LogP contribution < -0.4 is 14.9 Å². The topological polar surface area (TPSA) is 90.1 Å². The first-order chi connectivity index (χ1) is 14.0. The van der Waals surface area contributed by atoms with Gasteiger partial charge in [0.15, 0.2) is 6.61 Å². The lowest BCUT2D eigenvalue weighted by molar-refractivity contribution is -0.123. The van der Waals surface area contributed by atoms with Crippen molar-refractivity contribution in [1.29, 1.82) is 0 Å². The van der Waals surface area contributed by atoms with E-state index in [-0.39, 0.29) is 18.1 Å². The number of carbonyl (C=O) groups excluding carboxylic acids is 2. The van der Waals surface area contributed by atoms with E-state index in [1.807, 2.05) is 0 Å². The highest BCUT2D eigenvalue weighted by Crippen LogP contribution is 2.24. The first-order valence-electron chi connectivity index (χ1n) is 8.27. The third kappa shape index (κ3) is 5.94. The third-order valence-corrected chi connectivity index (χ3v) is 4.29. The Morgan fingerprint density at radius 1 is 1.14 bits per heavy atom. The van der Waals surface area contributed by atoms with Gasteiger partial charge in [-0.1, -0.05) is 39.7 Å². The second-order valence-electron chi connectivity index (χ2n) is 5.56. The molecule has 3 aromatic rings. The molecule has 29 heavy (non-hydrogen) atoms. The minimum Gasteiger partial charge on any atom is -0.482 e. The van der Waals surface area contributed by atoms with Crippen LogP contribution in [0.5, 0.6) is 11.5 Å². The standard InChI is InChI=1S/C20H14BrClN2O5/c21-14-7-8-16(29-20(26)18-6-3-9-27-18)13(10-14)11-23-24-19(25)12-28-17-5-2-1-4-15(17)22/h1-11H,12H2,(H,24,25)/b23-11-. The fourth-order valence-corrected chi connectivity index (χ4v) is 2.74. The summed E-state index contributed by atoms with van der Waals surface area (Å²) >= 11 is 9.30. The Hall–Kier alpha value is -3.10. The van der Waals surface area contributed by atoms with E-state index >= 15 is 0 Å². The summed E-state index contributed by atoms with van der Waals surface area (Å²) < 4.78 is 16.4. The van der Waals surface area contributed by atoms with Crippen LogP contribution in [0.3, 0.4) is 0 Å². The van der Waals surface area contributed by atoms with Crippen LogP contribution in [0.25, 0.3) is 0 Å². The first-order valence-corrected chi connectivity index (χ1v) is 9.44. The number of nitrogens with one attached hydrogen (secondary N) is 1. The van der Waals surface area contributed by atoms with Crippen LogP contribution in [-0.4, -0.2) is 24.7 Å². The van der Waals surface area contributed by atoms with Crippen LogP contribution in [0, 0.1) is 0 Å². The lowest BCUT2D eigenvalue weighted by atomic mass is 10.2. The molecule has 0 radical (unpaired) electrons. The zero-order valence-electron chi connectivity index (χ0n) is 14.8. The highest BCUT2D eigenvalue weighted by Gasteiger charge is 2.14. The van der Waals surface area contributed by atoms with Crippen molar-refractivity contribution in [1.82, 2.24) is 5.43 Å². The van der Waals surface area contributed by atoms with Gasteiger partial charge in [-0.3, -0.25) is 4.79 Å². The lowest BCUT2D eigenvalue weighted by Gasteiger charge is -2.07. The Morgan fingerprint density at radius 3 is 2.72 bits per heavy atom. The number of furan rings is 1. The average molecular weight is 478 g/mol. The van der Waals surface area contributed by atoms with Crippen molar-refractivity contribution in [2.24, 2.45) is 5.10 Å². The number of rotatable bonds is 7. The van der Waals surface area contributed by atoms with Crippen molar-refractivity contribution in [2.75, 3.05) is 6.61 Å². The van der Waals surface area contributed by atoms with Gasteiger partial charge < -0.3 is 13.9 Å². The van der Waals surface area contributed by atoms with E-state index in [4.69, 9.17) is 25.5 Å². The molecule has 1 heterocycles. The van der Waals surface area contributed by atoms with Gasteiger partial charge >= 0.3 is 5.97 Å². The summed E-state index contributed by atoms with van der Waals surface area (Å²) in [7, 11) is 0. The van der Waals surface area contributed by atoms with Gasteiger partial charge in [-0.25, -0.2) is 10.2 Å². The van der Waals surface area contributed by atoms with Crippen LogP contribution in [0.4, 0.5) is 0 Å². The summed E-state index contributed by atoms with van der Waals surface area (Å²) in [6.07, 6.45) is 2.73. The van der Waals surface area contributed by atoms with Gasteiger partial charge in [0.25, 0.3) is 5.91 Å². The molecule has 0 aliphatic carbocycles. The zero-order chi connectivity index (χ0) is 20.6. The predicted octanol–water partition coefficient (Wildman–Crippen LogP) is 4.44. The molecule has 3 rings (SSSR count). The molecule has 0 fully saturated rings. The van der Waals surface area contributed by atoms with Gasteiger partial charge in [0, 0.05) is 10.0 Å². The first kappa shape index (κ1) is 20.6. The summed E-state index contributed by atoms with van der Waals surface area (Å²) in [5.74, 6) is -0.414. The summed E-state index contributed by atoms with van der Waals surface area (Å²) in [4.78, 5) is 24.0. The average Bonchev–Trinajstić information content (AvgIpc) is 3.24. The number of hydrogen-bond donors (Lipinski definition) is 1. The number of esters is 1. The van der Waals surface area contributed by atoms with Crippen LogP contribution in [-0.2, 0) is 4.79 Å². The molecule has 0 aliphatic heterocycles. The summed E-state index contributed by atoms with van der Waals surface area (Å²) in [5.41, 5.74) is 2.80. The van der Waals surface area contributed by atoms with Gasteiger partial charge in [0.05, 0.1) is 17.5 Å². The molecule has 1 amide bonds. The highest BCUT2D eigenvalue weighted by molar-refractivity contribution is 9.10. The number of carbonyl (C=O) groups is 2. The van der Waals surface area contributed by atoms with Crippen molar-refractivity contribution in [2.45, 2.75) is 0 Å². The van der Waals surface area contributed by atoms with Gasteiger partial charge in [-0.2, -0.15) is 5.10 Å². The van der Waals surface area contributed by atoms with Crippen molar-refractivity contribution in [3.63, 3.8) is 0 Å². The molecule has 2 aromatic carbocycles. The molecule has 0 saturated carbocycles. The SMILES string of the molecule is O=C(COc1ccccc1Cl)N/N=C\c1cc(Br)ccc1OC(=O)c1ccco1. The van der Waals surface area contributed by atoms with Crippen LogP contribution in [0.2, 0.25) is 5.02 Å². The third-order valence-electron chi connectivity index (χ3n) is 3.49. The molecule has 1 aromatic heterocycles. The fourth-order valence-electron chi connectivity index (χ4n) is 2.17. The maximum Gasteiger partial charge on any atom is 0.379 e. The quantitative estimate of drug-likeness (QED) is 0.235. The number of benzene rings is 2. The molecule has 148 valence electrons. The summed E-state index contributed by atoms with van der Waals surface area (Å²) in [6.45, 7) is -0.264. The van der Waals surface area contributed by atoms with E-state index < -0.39 is 11.9 Å². The molecule has 0 aliphatic rings. The number of hydrazone groups is 1. The van der Waals surface area contributed by atoms with Gasteiger partial charge in [-0.05, 0) is 42.5 Å².